The van der Waals surface area contributed by atoms with Crippen molar-refractivity contribution in [2.24, 2.45) is 34.5 Å². The summed E-state index contributed by atoms with van der Waals surface area (Å²) in [6.45, 7) is 0.760. The smallest absolute Gasteiger partial charge is 0.338 e. The lowest BCUT2D eigenvalue weighted by molar-refractivity contribution is -0.318. The molecule has 6 aliphatic rings. The summed E-state index contributed by atoms with van der Waals surface area (Å²) in [5.41, 5.74) is -4.81. The number of rotatable bonds is 7. The normalized spacial score (nSPS) is 53.7. The molecule has 0 radical (unpaired) electrons. The number of carbonyl (C=O) groups is 1. The number of likely N-dealkylation sites (tertiary alicyclic amines) is 1. The highest BCUT2D eigenvalue weighted by Gasteiger charge is 2.91. The van der Waals surface area contributed by atoms with E-state index in [-0.39, 0.29) is 25.0 Å². The van der Waals surface area contributed by atoms with E-state index in [1.54, 1.807) is 51.7 Å². The van der Waals surface area contributed by atoms with Crippen LogP contribution in [0.25, 0.3) is 0 Å². The molecule has 42 heavy (non-hydrogen) atoms. The third-order valence-electron chi connectivity index (χ3n) is 12.6. The first-order valence-electron chi connectivity index (χ1n) is 14.9. The van der Waals surface area contributed by atoms with Gasteiger partial charge in [0.1, 0.15) is 29.5 Å². The number of nitrogens with zero attached hydrogens (tertiary/aromatic N) is 1. The fourth-order valence-electron chi connectivity index (χ4n) is 11.8. The van der Waals surface area contributed by atoms with Crippen molar-refractivity contribution in [2.75, 3.05) is 48.6 Å². The zero-order valence-electron chi connectivity index (χ0n) is 24.8. The minimum Gasteiger partial charge on any atom is -0.455 e. The fourth-order valence-corrected chi connectivity index (χ4v) is 11.8. The van der Waals surface area contributed by atoms with Crippen LogP contribution in [0.15, 0.2) is 30.3 Å². The molecule has 7 bridgehead atoms. The summed E-state index contributed by atoms with van der Waals surface area (Å²) in [6, 6.07) is 8.22. The number of aliphatic hydroxyl groups excluding tert-OH is 2. The Kier molecular flexibility index (Phi) is 6.52. The monoisotopic (exact) mass is 589 g/mol. The maximum Gasteiger partial charge on any atom is 0.338 e. The van der Waals surface area contributed by atoms with Crippen molar-refractivity contribution in [3.63, 3.8) is 0 Å². The van der Waals surface area contributed by atoms with Crippen LogP contribution >= 0.6 is 0 Å². The van der Waals surface area contributed by atoms with E-state index < -0.39 is 82.4 Å². The Bertz CT molecular complexity index is 1240. The van der Waals surface area contributed by atoms with Gasteiger partial charge in [0.15, 0.2) is 0 Å². The standard InChI is InChI=1S/C31H43NO10/c1-32-13-28(14-38-2)17(33)11-18(39-3)30-16-12-29(36)25(42-27(35)15-9-7-6-8-10-15)19(16)31(37,24(34)26(29)41-5)20(23(30)32)21(40-4)22(28)30/h6-10,16-26,33-34,36-37H,11-14H2,1-5H3/t16?,17-,18+,19?,20-,21+,22?,23?,24+,25-,26+,28+,29+,30+,31-/m1/s1. The van der Waals surface area contributed by atoms with Crippen LogP contribution in [-0.2, 0) is 23.7 Å². The van der Waals surface area contributed by atoms with Gasteiger partial charge in [-0.3, -0.25) is 0 Å². The lowest BCUT2D eigenvalue weighted by Gasteiger charge is -2.69. The van der Waals surface area contributed by atoms with Gasteiger partial charge in [0.2, 0.25) is 0 Å². The number of carbonyl (C=O) groups excluding carboxylic acids is 1. The van der Waals surface area contributed by atoms with Crippen LogP contribution in [-0.4, -0.2) is 134 Å². The number of piperidine rings is 1. The molecule has 5 saturated carbocycles. The van der Waals surface area contributed by atoms with Crippen LogP contribution in [0.5, 0.6) is 0 Å². The van der Waals surface area contributed by atoms with Gasteiger partial charge in [0, 0.05) is 76.0 Å². The average Bonchev–Trinajstić information content (AvgIpc) is 3.37. The zero-order valence-corrected chi connectivity index (χ0v) is 24.8. The number of hydrogen-bond acceptors (Lipinski definition) is 11. The third kappa shape index (κ3) is 3.05. The number of ether oxygens (including phenoxy) is 5. The van der Waals surface area contributed by atoms with Gasteiger partial charge in [-0.25, -0.2) is 4.79 Å². The predicted molar refractivity (Wildman–Crippen MR) is 146 cm³/mol. The molecule has 5 aliphatic carbocycles. The van der Waals surface area contributed by atoms with Gasteiger partial charge in [0.05, 0.1) is 30.5 Å². The Labute approximate surface area is 245 Å². The predicted octanol–water partition coefficient (Wildman–Crippen LogP) is -0.313. The lowest BCUT2D eigenvalue weighted by Crippen LogP contribution is -2.80. The molecule has 0 amide bonds. The van der Waals surface area contributed by atoms with E-state index in [0.29, 0.717) is 18.5 Å². The van der Waals surface area contributed by atoms with E-state index >= 15 is 0 Å². The Hall–Kier alpha value is -1.67. The average molecular weight is 590 g/mol. The Balaban J connectivity index is 1.47. The molecule has 6 fully saturated rings. The number of esters is 1. The van der Waals surface area contributed by atoms with Crippen molar-refractivity contribution in [1.82, 2.24) is 4.90 Å². The summed E-state index contributed by atoms with van der Waals surface area (Å²) in [4.78, 5) is 15.7. The summed E-state index contributed by atoms with van der Waals surface area (Å²) in [7, 11) is 8.22. The van der Waals surface area contributed by atoms with Gasteiger partial charge < -0.3 is 49.0 Å². The molecule has 1 aromatic rings. The van der Waals surface area contributed by atoms with E-state index in [9.17, 15) is 25.2 Å². The fraction of sp³-hybridized carbons (Fsp3) is 0.774. The second-order valence-corrected chi connectivity index (χ2v) is 13.7. The molecule has 1 spiro atoms. The molecule has 11 heteroatoms. The summed E-state index contributed by atoms with van der Waals surface area (Å²) in [5.74, 6) is -2.96. The van der Waals surface area contributed by atoms with Gasteiger partial charge >= 0.3 is 5.97 Å². The SMILES string of the molecule is COC[C@]12CN(C)C3[C@H]4[C@H](OC)C1[C@]3(C1C[C@]3(O)[C@H](OC(=O)c5ccccc5)C1[C@]4(O)[C@@H](O)[C@@H]3OC)[C@@H](OC)C[C@H]2O. The van der Waals surface area contributed by atoms with Crippen molar-refractivity contribution < 1.29 is 48.9 Å². The molecule has 232 valence electrons. The highest BCUT2D eigenvalue weighted by Crippen LogP contribution is 2.80. The van der Waals surface area contributed by atoms with E-state index in [0.717, 1.165) is 0 Å². The van der Waals surface area contributed by atoms with Crippen LogP contribution in [0.2, 0.25) is 0 Å². The van der Waals surface area contributed by atoms with Crippen molar-refractivity contribution in [3.05, 3.63) is 35.9 Å². The molecule has 1 heterocycles. The van der Waals surface area contributed by atoms with Crippen LogP contribution in [0.4, 0.5) is 0 Å². The van der Waals surface area contributed by atoms with Crippen LogP contribution < -0.4 is 0 Å². The highest BCUT2D eigenvalue weighted by atomic mass is 16.6. The minimum atomic E-state index is -1.86. The van der Waals surface area contributed by atoms with E-state index in [1.807, 2.05) is 7.05 Å². The van der Waals surface area contributed by atoms with Crippen LogP contribution in [0.1, 0.15) is 23.2 Å². The van der Waals surface area contributed by atoms with Crippen molar-refractivity contribution in [1.29, 1.82) is 0 Å². The van der Waals surface area contributed by atoms with Gasteiger partial charge in [0.25, 0.3) is 0 Å². The minimum absolute atomic E-state index is 0.102. The molecular formula is C31H43NO10. The molecule has 0 aromatic heterocycles. The number of fused-ring (bicyclic) bond motifs is 2. The largest absolute Gasteiger partial charge is 0.455 e. The van der Waals surface area contributed by atoms with E-state index in [4.69, 9.17) is 23.7 Å². The summed E-state index contributed by atoms with van der Waals surface area (Å²) < 4.78 is 30.3. The third-order valence-corrected chi connectivity index (χ3v) is 12.6. The maximum atomic E-state index is 13.5. The highest BCUT2D eigenvalue weighted by molar-refractivity contribution is 5.89. The van der Waals surface area contributed by atoms with Crippen molar-refractivity contribution >= 4 is 5.97 Å². The number of aliphatic hydroxyl groups is 4. The van der Waals surface area contributed by atoms with Gasteiger partial charge in [-0.05, 0) is 31.5 Å². The molecule has 4 unspecified atom stereocenters. The molecule has 11 nitrogen and oxygen atoms in total. The molecule has 1 saturated heterocycles. The number of methoxy groups -OCH3 is 4. The first kappa shape index (κ1) is 29.1. The molecule has 15 atom stereocenters. The van der Waals surface area contributed by atoms with Gasteiger partial charge in [-0.1, -0.05) is 18.2 Å². The Morgan fingerprint density at radius 3 is 2.33 bits per heavy atom. The molecule has 1 aliphatic heterocycles. The van der Waals surface area contributed by atoms with E-state index in [2.05, 4.69) is 4.90 Å². The van der Waals surface area contributed by atoms with E-state index in [1.165, 1.54) is 7.11 Å². The maximum absolute atomic E-state index is 13.5. The van der Waals surface area contributed by atoms with Crippen molar-refractivity contribution in [2.45, 2.75) is 66.7 Å². The molecular weight excluding hydrogens is 546 g/mol. The summed E-state index contributed by atoms with van der Waals surface area (Å²) >= 11 is 0. The van der Waals surface area contributed by atoms with Crippen molar-refractivity contribution in [3.8, 4) is 0 Å². The summed E-state index contributed by atoms with van der Waals surface area (Å²) in [6.07, 6.45) is -5.28. The molecule has 7 rings (SSSR count). The first-order chi connectivity index (χ1) is 20.0. The Morgan fingerprint density at radius 1 is 1.00 bits per heavy atom. The summed E-state index contributed by atoms with van der Waals surface area (Å²) in [5, 5.41) is 49.4. The first-order valence-corrected chi connectivity index (χ1v) is 14.9. The topological polar surface area (TPSA) is 147 Å². The quantitative estimate of drug-likeness (QED) is 0.311. The number of benzene rings is 1. The zero-order chi connectivity index (χ0) is 30.0. The van der Waals surface area contributed by atoms with Crippen LogP contribution in [0.3, 0.4) is 0 Å². The molecule has 4 N–H and O–H groups in total. The number of hydrogen-bond donors (Lipinski definition) is 4. The molecule has 1 aromatic carbocycles. The van der Waals surface area contributed by atoms with Gasteiger partial charge in [-0.2, -0.15) is 0 Å². The Morgan fingerprint density at radius 2 is 1.71 bits per heavy atom. The van der Waals surface area contributed by atoms with Gasteiger partial charge in [-0.15, -0.1) is 0 Å². The lowest BCUT2D eigenvalue weighted by atomic mass is 9.42. The second-order valence-electron chi connectivity index (χ2n) is 13.7. The second kappa shape index (κ2) is 9.42. The van der Waals surface area contributed by atoms with Crippen LogP contribution in [0, 0.1) is 34.5 Å².